The number of hydrogen-bond donors (Lipinski definition) is 3. The van der Waals surface area contributed by atoms with E-state index in [1.165, 1.54) is 4.91 Å². The van der Waals surface area contributed by atoms with Crippen molar-refractivity contribution in [2.24, 2.45) is 0 Å². The maximum absolute atomic E-state index is 13.2. The zero-order valence-electron chi connectivity index (χ0n) is 23.8. The van der Waals surface area contributed by atoms with Crippen LogP contribution in [0.15, 0.2) is 82.0 Å². The summed E-state index contributed by atoms with van der Waals surface area (Å²) in [6, 6.07) is 0.411. The van der Waals surface area contributed by atoms with Crippen LogP contribution < -0.4 is 10.8 Å². The van der Waals surface area contributed by atoms with E-state index in [1.807, 2.05) is 32.1 Å². The summed E-state index contributed by atoms with van der Waals surface area (Å²) in [4.78, 5) is 20.9. The lowest BCUT2D eigenvalue weighted by molar-refractivity contribution is -0.150. The lowest BCUT2D eigenvalue weighted by Gasteiger charge is -2.25. The Bertz CT molecular complexity index is 1000. The molecule has 0 aromatic rings. The number of nitrogens with one attached hydrogen (secondary N) is 2. The number of hydroxylamine groups is 1. The molecule has 0 aromatic carbocycles. The number of carbonyl (C=O) groups excluding carboxylic acids is 1. The number of hydrogen-bond acceptors (Lipinski definition) is 7. The zero-order chi connectivity index (χ0) is 28.3. The van der Waals surface area contributed by atoms with Gasteiger partial charge in [-0.05, 0) is 82.9 Å². The van der Waals surface area contributed by atoms with Gasteiger partial charge in [-0.25, -0.2) is 4.79 Å². The molecule has 4 unspecified atom stereocenters. The molecule has 4 atom stereocenters. The van der Waals surface area contributed by atoms with Crippen molar-refractivity contribution in [3.63, 3.8) is 0 Å². The smallest absolute Gasteiger partial charge is 0.338 e. The Labute approximate surface area is 244 Å². The SMILES string of the molecule is C=C(C)C(O)CC(CC(SC1=CC=CCC1)C(=O)ONCCCCCCNC(C)C=CC)SC1=C=C=CC=C1. The first-order chi connectivity index (χ1) is 18.9. The van der Waals surface area contributed by atoms with Crippen LogP contribution in [0.2, 0.25) is 0 Å². The Morgan fingerprint density at radius 1 is 1.21 bits per heavy atom. The predicted molar refractivity (Wildman–Crippen MR) is 168 cm³/mol. The van der Waals surface area contributed by atoms with Crippen molar-refractivity contribution in [3.05, 3.63) is 82.0 Å². The quantitative estimate of drug-likeness (QED) is 0.0626. The van der Waals surface area contributed by atoms with Gasteiger partial charge in [-0.2, -0.15) is 5.48 Å². The maximum Gasteiger partial charge on any atom is 0.338 e. The van der Waals surface area contributed by atoms with Crippen LogP contribution in [-0.4, -0.2) is 46.8 Å². The molecule has 3 N–H and O–H groups in total. The van der Waals surface area contributed by atoms with E-state index in [0.29, 0.717) is 25.4 Å². The summed E-state index contributed by atoms with van der Waals surface area (Å²) in [5, 5.41) is 13.7. The van der Waals surface area contributed by atoms with Gasteiger partial charge in [-0.3, -0.25) is 0 Å². The van der Waals surface area contributed by atoms with Gasteiger partial charge in [-0.15, -0.1) is 23.5 Å². The normalized spacial score (nSPS) is 17.5. The van der Waals surface area contributed by atoms with Crippen molar-refractivity contribution in [1.29, 1.82) is 0 Å². The molecule has 0 spiro atoms. The van der Waals surface area contributed by atoms with Gasteiger partial charge in [0, 0.05) is 17.8 Å². The van der Waals surface area contributed by atoms with Crippen LogP contribution in [0.5, 0.6) is 0 Å². The first-order valence-corrected chi connectivity index (χ1v) is 15.9. The van der Waals surface area contributed by atoms with E-state index in [-0.39, 0.29) is 16.5 Å². The summed E-state index contributed by atoms with van der Waals surface area (Å²) in [5.74, 6) is -0.267. The van der Waals surface area contributed by atoms with Crippen LogP contribution in [0.1, 0.15) is 72.1 Å². The highest BCUT2D eigenvalue weighted by atomic mass is 32.2. The first-order valence-electron chi connectivity index (χ1n) is 14.1. The fourth-order valence-corrected chi connectivity index (χ4v) is 6.63. The molecular formula is C32H46N2O3S2. The van der Waals surface area contributed by atoms with E-state index in [4.69, 9.17) is 4.84 Å². The summed E-state index contributed by atoms with van der Waals surface area (Å²) in [5.41, 5.74) is 9.76. The molecule has 7 heteroatoms. The van der Waals surface area contributed by atoms with Crippen molar-refractivity contribution >= 4 is 29.5 Å². The van der Waals surface area contributed by atoms with Gasteiger partial charge in [0.1, 0.15) is 5.25 Å². The predicted octanol–water partition coefficient (Wildman–Crippen LogP) is 7.07. The molecule has 0 saturated carbocycles. The van der Waals surface area contributed by atoms with Crippen molar-refractivity contribution in [3.8, 4) is 0 Å². The third kappa shape index (κ3) is 14.9. The Morgan fingerprint density at radius 2 is 2.00 bits per heavy atom. The van der Waals surface area contributed by atoms with E-state index in [9.17, 15) is 9.90 Å². The van der Waals surface area contributed by atoms with Gasteiger partial charge < -0.3 is 15.3 Å². The zero-order valence-corrected chi connectivity index (χ0v) is 25.4. The molecule has 2 aliphatic rings. The third-order valence-corrected chi connectivity index (χ3v) is 8.83. The second-order valence-electron chi connectivity index (χ2n) is 9.94. The van der Waals surface area contributed by atoms with Crippen LogP contribution in [0, 0.1) is 0 Å². The Hall–Kier alpha value is -1.95. The second-order valence-corrected chi connectivity index (χ2v) is 12.6. The molecule has 0 saturated heterocycles. The lowest BCUT2D eigenvalue weighted by atomic mass is 10.0. The number of unbranched alkanes of at least 4 members (excludes halogenated alkanes) is 3. The topological polar surface area (TPSA) is 70.6 Å². The number of thioether (sulfide) groups is 2. The fraction of sp³-hybridized carbons (Fsp3) is 0.531. The maximum atomic E-state index is 13.2. The molecule has 0 aliphatic heterocycles. The van der Waals surface area contributed by atoms with Gasteiger partial charge in [0.15, 0.2) is 0 Å². The third-order valence-electron chi connectivity index (χ3n) is 6.31. The van der Waals surface area contributed by atoms with Gasteiger partial charge in [0.05, 0.1) is 11.0 Å². The van der Waals surface area contributed by atoms with Crippen molar-refractivity contribution in [2.45, 2.75) is 94.8 Å². The van der Waals surface area contributed by atoms with Gasteiger partial charge in [0.25, 0.3) is 0 Å². The summed E-state index contributed by atoms with van der Waals surface area (Å²) < 4.78 is 0. The monoisotopic (exact) mass is 570 g/mol. The van der Waals surface area contributed by atoms with Crippen LogP contribution in [0.4, 0.5) is 0 Å². The number of rotatable bonds is 20. The van der Waals surface area contributed by atoms with E-state index >= 15 is 0 Å². The Kier molecular flexibility index (Phi) is 17.1. The molecule has 0 amide bonds. The molecular weight excluding hydrogens is 524 g/mol. The molecule has 2 aliphatic carbocycles. The van der Waals surface area contributed by atoms with E-state index in [2.05, 4.69) is 66.1 Å². The average Bonchev–Trinajstić information content (AvgIpc) is 2.92. The molecule has 0 aromatic heterocycles. The highest BCUT2D eigenvalue weighted by Gasteiger charge is 2.29. The van der Waals surface area contributed by atoms with E-state index < -0.39 is 6.10 Å². The number of aliphatic hydroxyl groups is 1. The van der Waals surface area contributed by atoms with Crippen LogP contribution in [-0.2, 0) is 9.63 Å². The van der Waals surface area contributed by atoms with Crippen molar-refractivity contribution in [2.75, 3.05) is 13.1 Å². The van der Waals surface area contributed by atoms with Crippen molar-refractivity contribution in [1.82, 2.24) is 10.8 Å². The Morgan fingerprint density at radius 3 is 2.67 bits per heavy atom. The van der Waals surface area contributed by atoms with Crippen LogP contribution in [0.25, 0.3) is 0 Å². The molecule has 5 nitrogen and oxygen atoms in total. The van der Waals surface area contributed by atoms with Crippen LogP contribution >= 0.6 is 23.5 Å². The summed E-state index contributed by atoms with van der Waals surface area (Å²) in [6.45, 7) is 11.6. The summed E-state index contributed by atoms with van der Waals surface area (Å²) >= 11 is 3.20. The molecule has 214 valence electrons. The van der Waals surface area contributed by atoms with Gasteiger partial charge in [-0.1, -0.05) is 72.9 Å². The molecule has 0 fully saturated rings. The minimum atomic E-state index is -0.631. The molecule has 2 rings (SSSR count). The van der Waals surface area contributed by atoms with Gasteiger partial charge in [0.2, 0.25) is 0 Å². The average molecular weight is 571 g/mol. The Balaban J connectivity index is 1.89. The first kappa shape index (κ1) is 33.3. The van der Waals surface area contributed by atoms with E-state index in [1.54, 1.807) is 23.5 Å². The number of carbonyl (C=O) groups is 1. The minimum absolute atomic E-state index is 0.0160. The second kappa shape index (κ2) is 20.0. The minimum Gasteiger partial charge on any atom is -0.389 e. The van der Waals surface area contributed by atoms with Crippen molar-refractivity contribution < 1.29 is 14.7 Å². The highest BCUT2D eigenvalue weighted by Crippen LogP contribution is 2.37. The molecule has 0 heterocycles. The molecule has 0 bridgehead atoms. The molecule has 39 heavy (non-hydrogen) atoms. The standard InChI is InChI=1S/C32H46N2O3S2/c1-5-16-26(4)33-21-14-6-7-15-22-34-37-32(36)31(39-28-19-12-9-13-20-28)24-29(23-30(35)25(2)3)38-27-17-10-8-11-18-27/h5,8-10,12,16-17,19,26,29-31,33-35H,2,6-7,13-15,20-24H2,1,3-4H3. The highest BCUT2D eigenvalue weighted by molar-refractivity contribution is 8.05. The largest absolute Gasteiger partial charge is 0.389 e. The fourth-order valence-electron chi connectivity index (χ4n) is 4.07. The summed E-state index contributed by atoms with van der Waals surface area (Å²) in [7, 11) is 0. The van der Waals surface area contributed by atoms with E-state index in [0.717, 1.165) is 55.5 Å². The number of allylic oxidation sites excluding steroid dienone is 8. The lowest BCUT2D eigenvalue weighted by Crippen LogP contribution is -2.31. The van der Waals surface area contributed by atoms with Crippen LogP contribution in [0.3, 0.4) is 0 Å². The molecule has 0 radical (unpaired) electrons. The number of aliphatic hydroxyl groups excluding tert-OH is 1. The van der Waals surface area contributed by atoms with Gasteiger partial charge >= 0.3 is 5.97 Å². The summed E-state index contributed by atoms with van der Waals surface area (Å²) in [6.07, 6.45) is 22.9.